The molecule has 1 spiro atoms. The third kappa shape index (κ3) is 3.18. The minimum atomic E-state index is -0.317. The highest BCUT2D eigenvalue weighted by Gasteiger charge is 2.53. The van der Waals surface area contributed by atoms with Crippen molar-refractivity contribution < 1.29 is 14.2 Å². The van der Waals surface area contributed by atoms with Crippen molar-refractivity contribution in [3.8, 4) is 17.2 Å². The molecule has 1 unspecified atom stereocenters. The molecule has 0 aliphatic carbocycles. The van der Waals surface area contributed by atoms with Crippen LogP contribution in [0.4, 0.5) is 5.69 Å². The van der Waals surface area contributed by atoms with Crippen molar-refractivity contribution in [2.24, 2.45) is 0 Å². The first-order chi connectivity index (χ1) is 17.2. The molecule has 3 aliphatic heterocycles. The zero-order valence-corrected chi connectivity index (χ0v) is 20.7. The number of nitrogens with zero attached hydrogens (tertiary/aromatic N) is 1. The molecule has 0 fully saturated rings. The standard InChI is InChI=1S/C30H24BrNO3/c31-23-12-7-13-24-28(23)30(19-35-25-17-27-26(16-22(25)30)33-14-15-34-27)18-32(24)29(20-8-3-1-4-9-20)21-10-5-2-6-11-21/h1-13,16-17,29H,14-15,18-19H2. The maximum absolute atomic E-state index is 6.37. The van der Waals surface area contributed by atoms with Gasteiger partial charge in [0.25, 0.3) is 0 Å². The molecule has 4 aromatic carbocycles. The largest absolute Gasteiger partial charge is 0.492 e. The zero-order valence-electron chi connectivity index (χ0n) is 19.1. The van der Waals surface area contributed by atoms with Crippen molar-refractivity contribution in [1.82, 2.24) is 0 Å². The number of rotatable bonds is 3. The van der Waals surface area contributed by atoms with Gasteiger partial charge in [0.15, 0.2) is 11.5 Å². The number of halogens is 1. The van der Waals surface area contributed by atoms with Crippen LogP contribution in [0, 0.1) is 0 Å². The van der Waals surface area contributed by atoms with Crippen LogP contribution in [0.1, 0.15) is 28.3 Å². The summed E-state index contributed by atoms with van der Waals surface area (Å²) in [5.41, 5.74) is 5.88. The van der Waals surface area contributed by atoms with E-state index >= 15 is 0 Å². The number of benzene rings is 4. The summed E-state index contributed by atoms with van der Waals surface area (Å²) in [5.74, 6) is 2.45. The molecule has 7 rings (SSSR count). The fourth-order valence-electron chi connectivity index (χ4n) is 5.91. The normalized spacial score (nSPS) is 19.5. The van der Waals surface area contributed by atoms with E-state index in [-0.39, 0.29) is 11.5 Å². The summed E-state index contributed by atoms with van der Waals surface area (Å²) in [6.45, 7) is 2.50. The van der Waals surface area contributed by atoms with Gasteiger partial charge in [0.1, 0.15) is 25.6 Å². The van der Waals surface area contributed by atoms with E-state index in [0.29, 0.717) is 19.8 Å². The molecule has 0 radical (unpaired) electrons. The van der Waals surface area contributed by atoms with Crippen LogP contribution in [0.15, 0.2) is 95.5 Å². The fourth-order valence-corrected chi connectivity index (χ4v) is 6.65. The molecular weight excluding hydrogens is 502 g/mol. The Labute approximate surface area is 213 Å². The van der Waals surface area contributed by atoms with Crippen LogP contribution in [0.3, 0.4) is 0 Å². The number of fused-ring (bicyclic) bond motifs is 5. The first-order valence-electron chi connectivity index (χ1n) is 12.0. The summed E-state index contributed by atoms with van der Waals surface area (Å²) in [5, 5.41) is 0. The van der Waals surface area contributed by atoms with E-state index in [1.54, 1.807) is 0 Å². The SMILES string of the molecule is Brc1cccc2c1C1(COc3cc4c(cc31)OCCO4)CN2C(c1ccccc1)c1ccccc1. The summed E-state index contributed by atoms with van der Waals surface area (Å²) in [6, 6.07) is 32.3. The zero-order chi connectivity index (χ0) is 23.4. The number of anilines is 1. The molecule has 0 amide bonds. The second kappa shape index (κ2) is 8.06. The molecule has 0 saturated heterocycles. The van der Waals surface area contributed by atoms with Gasteiger partial charge in [-0.1, -0.05) is 82.7 Å². The van der Waals surface area contributed by atoms with Gasteiger partial charge in [-0.05, 0) is 29.3 Å². The van der Waals surface area contributed by atoms with E-state index in [0.717, 1.165) is 33.8 Å². The molecule has 0 bridgehead atoms. The topological polar surface area (TPSA) is 30.9 Å². The van der Waals surface area contributed by atoms with Crippen LogP contribution in [-0.4, -0.2) is 26.4 Å². The molecule has 0 aromatic heterocycles. The number of hydrogen-bond donors (Lipinski definition) is 0. The maximum atomic E-state index is 6.37. The Bertz CT molecular complexity index is 1370. The average molecular weight is 526 g/mol. The lowest BCUT2D eigenvalue weighted by atomic mass is 9.77. The highest BCUT2D eigenvalue weighted by Crippen LogP contribution is 2.57. The summed E-state index contributed by atoms with van der Waals surface area (Å²) >= 11 is 3.91. The van der Waals surface area contributed by atoms with E-state index in [1.165, 1.54) is 22.4 Å². The van der Waals surface area contributed by atoms with Gasteiger partial charge in [-0.15, -0.1) is 0 Å². The molecule has 0 N–H and O–H groups in total. The maximum Gasteiger partial charge on any atom is 0.165 e. The minimum Gasteiger partial charge on any atom is -0.492 e. The van der Waals surface area contributed by atoms with Gasteiger partial charge >= 0.3 is 0 Å². The Morgan fingerprint density at radius 3 is 2.06 bits per heavy atom. The van der Waals surface area contributed by atoms with Gasteiger partial charge in [-0.2, -0.15) is 0 Å². The Morgan fingerprint density at radius 2 is 1.37 bits per heavy atom. The molecule has 4 nitrogen and oxygen atoms in total. The lowest BCUT2D eigenvalue weighted by Crippen LogP contribution is -2.38. The lowest BCUT2D eigenvalue weighted by Gasteiger charge is -2.33. The first-order valence-corrected chi connectivity index (χ1v) is 12.8. The molecule has 1 atom stereocenters. The van der Waals surface area contributed by atoms with Crippen molar-refractivity contribution in [3.05, 3.63) is 118 Å². The summed E-state index contributed by atoms with van der Waals surface area (Å²) in [7, 11) is 0. The highest BCUT2D eigenvalue weighted by molar-refractivity contribution is 9.10. The van der Waals surface area contributed by atoms with Gasteiger partial charge in [0, 0.05) is 33.9 Å². The van der Waals surface area contributed by atoms with Crippen LogP contribution >= 0.6 is 15.9 Å². The Morgan fingerprint density at radius 1 is 0.714 bits per heavy atom. The van der Waals surface area contributed by atoms with Crippen LogP contribution in [0.5, 0.6) is 17.2 Å². The van der Waals surface area contributed by atoms with Crippen molar-refractivity contribution in [1.29, 1.82) is 0 Å². The van der Waals surface area contributed by atoms with Gasteiger partial charge in [-0.25, -0.2) is 0 Å². The Hall–Kier alpha value is -3.44. The minimum absolute atomic E-state index is 0.0751. The Balaban J connectivity index is 1.43. The number of ether oxygens (including phenoxy) is 3. The second-order valence-corrected chi connectivity index (χ2v) is 10.2. The molecule has 3 heterocycles. The third-order valence-electron chi connectivity index (χ3n) is 7.40. The third-order valence-corrected chi connectivity index (χ3v) is 8.06. The van der Waals surface area contributed by atoms with Crippen molar-refractivity contribution in [2.45, 2.75) is 11.5 Å². The molecule has 174 valence electrons. The smallest absolute Gasteiger partial charge is 0.165 e. The second-order valence-electron chi connectivity index (χ2n) is 9.35. The van der Waals surface area contributed by atoms with Crippen LogP contribution < -0.4 is 19.1 Å². The van der Waals surface area contributed by atoms with E-state index in [2.05, 4.69) is 106 Å². The molecule has 0 saturated carbocycles. The molecular formula is C30H24BrNO3. The van der Waals surface area contributed by atoms with Crippen LogP contribution in [0.2, 0.25) is 0 Å². The van der Waals surface area contributed by atoms with Crippen molar-refractivity contribution in [3.63, 3.8) is 0 Å². The predicted octanol–water partition coefficient (Wildman–Crippen LogP) is 6.51. The first kappa shape index (κ1) is 20.9. The van der Waals surface area contributed by atoms with E-state index in [4.69, 9.17) is 14.2 Å². The van der Waals surface area contributed by atoms with Crippen LogP contribution in [0.25, 0.3) is 0 Å². The molecule has 3 aliphatic rings. The van der Waals surface area contributed by atoms with E-state index in [1.807, 2.05) is 6.07 Å². The van der Waals surface area contributed by atoms with Gasteiger partial charge in [0.05, 0.1) is 11.5 Å². The van der Waals surface area contributed by atoms with E-state index in [9.17, 15) is 0 Å². The van der Waals surface area contributed by atoms with Gasteiger partial charge in [0.2, 0.25) is 0 Å². The van der Waals surface area contributed by atoms with Crippen molar-refractivity contribution >= 4 is 21.6 Å². The van der Waals surface area contributed by atoms with Crippen molar-refractivity contribution in [2.75, 3.05) is 31.3 Å². The van der Waals surface area contributed by atoms with E-state index < -0.39 is 0 Å². The monoisotopic (exact) mass is 525 g/mol. The van der Waals surface area contributed by atoms with Crippen LogP contribution in [-0.2, 0) is 5.41 Å². The fraction of sp³-hybridized carbons (Fsp3) is 0.200. The Kier molecular flexibility index (Phi) is 4.81. The van der Waals surface area contributed by atoms with Gasteiger partial charge in [-0.3, -0.25) is 0 Å². The molecule has 5 heteroatoms. The lowest BCUT2D eigenvalue weighted by molar-refractivity contribution is 0.171. The molecule has 4 aromatic rings. The summed E-state index contributed by atoms with van der Waals surface area (Å²) < 4.78 is 19.3. The number of hydrogen-bond acceptors (Lipinski definition) is 4. The average Bonchev–Trinajstić information content (AvgIpc) is 3.43. The van der Waals surface area contributed by atoms with Gasteiger partial charge < -0.3 is 19.1 Å². The summed E-state index contributed by atoms with van der Waals surface area (Å²) in [4.78, 5) is 2.54. The molecule has 35 heavy (non-hydrogen) atoms. The predicted molar refractivity (Wildman–Crippen MR) is 140 cm³/mol. The highest BCUT2D eigenvalue weighted by atomic mass is 79.9. The summed E-state index contributed by atoms with van der Waals surface area (Å²) in [6.07, 6.45) is 0. The quantitative estimate of drug-likeness (QED) is 0.305.